The second kappa shape index (κ2) is 8.69. The van der Waals surface area contributed by atoms with Crippen LogP contribution in [0.1, 0.15) is 15.9 Å². The van der Waals surface area contributed by atoms with Crippen LogP contribution >= 0.6 is 0 Å². The first kappa shape index (κ1) is 17.5. The predicted molar refractivity (Wildman–Crippen MR) is 94.9 cm³/mol. The molecule has 0 unspecified atom stereocenters. The molecule has 0 aliphatic heterocycles. The van der Waals surface area contributed by atoms with Gasteiger partial charge in [0.25, 0.3) is 5.91 Å². The van der Waals surface area contributed by atoms with Gasteiger partial charge in [0.2, 0.25) is 0 Å². The maximum atomic E-state index is 12.0. The Hall–Kier alpha value is -2.86. The number of carbonyl (C=O) groups excluding carboxylic acids is 1. The van der Waals surface area contributed by atoms with Gasteiger partial charge in [-0.3, -0.25) is 4.79 Å². The van der Waals surface area contributed by atoms with Gasteiger partial charge < -0.3 is 14.7 Å². The summed E-state index contributed by atoms with van der Waals surface area (Å²) in [6.07, 6.45) is 1.58. The van der Waals surface area contributed by atoms with Crippen LogP contribution < -0.4 is 15.1 Å². The number of hydrazone groups is 1. The Morgan fingerprint density at radius 1 is 1.21 bits per heavy atom. The Labute approximate surface area is 141 Å². The van der Waals surface area contributed by atoms with E-state index in [1.54, 1.807) is 37.6 Å². The molecule has 0 bridgehead atoms. The number of nitrogens with one attached hydrogen (secondary N) is 1. The zero-order valence-electron chi connectivity index (χ0n) is 13.8. The van der Waals surface area contributed by atoms with Gasteiger partial charge in [0.05, 0.1) is 19.9 Å². The first-order valence-electron chi connectivity index (χ1n) is 7.53. The number of hydrogen-bond acceptors (Lipinski definition) is 5. The van der Waals surface area contributed by atoms with Crippen molar-refractivity contribution in [1.29, 1.82) is 0 Å². The maximum absolute atomic E-state index is 12.0. The maximum Gasteiger partial charge on any atom is 0.271 e. The van der Waals surface area contributed by atoms with Gasteiger partial charge in [-0.05, 0) is 42.0 Å². The van der Waals surface area contributed by atoms with Crippen LogP contribution in [0.5, 0.6) is 5.75 Å². The molecule has 1 amide bonds. The van der Waals surface area contributed by atoms with E-state index in [0.717, 1.165) is 11.3 Å². The van der Waals surface area contributed by atoms with Crippen molar-refractivity contribution in [2.75, 3.05) is 32.2 Å². The third-order valence-corrected chi connectivity index (χ3v) is 3.50. The molecule has 6 heteroatoms. The van der Waals surface area contributed by atoms with Crippen molar-refractivity contribution >= 4 is 17.8 Å². The normalized spacial score (nSPS) is 10.6. The van der Waals surface area contributed by atoms with Gasteiger partial charge >= 0.3 is 0 Å². The van der Waals surface area contributed by atoms with Crippen LogP contribution in [-0.2, 0) is 0 Å². The number of amides is 1. The number of likely N-dealkylation sites (N-methyl/N-ethyl adjacent to an activating group) is 1. The minimum atomic E-state index is -0.284. The van der Waals surface area contributed by atoms with Crippen molar-refractivity contribution in [3.63, 3.8) is 0 Å². The fraction of sp³-hybridized carbons (Fsp3) is 0.222. The third kappa shape index (κ3) is 4.82. The first-order valence-corrected chi connectivity index (χ1v) is 7.53. The highest BCUT2D eigenvalue weighted by molar-refractivity contribution is 5.95. The molecule has 2 aromatic carbocycles. The Bertz CT molecular complexity index is 682. The molecule has 0 fully saturated rings. The summed E-state index contributed by atoms with van der Waals surface area (Å²) in [4.78, 5) is 13.9. The van der Waals surface area contributed by atoms with Crippen LogP contribution in [0.4, 0.5) is 5.69 Å². The molecule has 2 aromatic rings. The summed E-state index contributed by atoms with van der Waals surface area (Å²) in [5.41, 5.74) is 4.87. The number of rotatable bonds is 7. The smallest absolute Gasteiger partial charge is 0.271 e. The molecule has 6 nitrogen and oxygen atoms in total. The van der Waals surface area contributed by atoms with Crippen LogP contribution in [0.3, 0.4) is 0 Å². The number of benzene rings is 2. The fourth-order valence-electron chi connectivity index (χ4n) is 2.07. The molecule has 0 spiro atoms. The van der Waals surface area contributed by atoms with E-state index in [2.05, 4.69) is 10.5 Å². The molecular formula is C18H21N3O3. The van der Waals surface area contributed by atoms with Crippen LogP contribution in [0.2, 0.25) is 0 Å². The van der Waals surface area contributed by atoms with E-state index in [1.165, 1.54) is 0 Å². The SMILES string of the molecule is COc1ccc(C(=O)N/N=C\c2ccc(N(C)CCO)cc2)cc1. The quantitative estimate of drug-likeness (QED) is 0.601. The van der Waals surface area contributed by atoms with Crippen molar-refractivity contribution in [1.82, 2.24) is 5.43 Å². The number of aliphatic hydroxyl groups excluding tert-OH is 1. The molecule has 0 saturated carbocycles. The summed E-state index contributed by atoms with van der Waals surface area (Å²) in [6, 6.07) is 14.5. The number of nitrogens with zero attached hydrogens (tertiary/aromatic N) is 2. The van der Waals surface area contributed by atoms with Gasteiger partial charge in [-0.15, -0.1) is 0 Å². The van der Waals surface area contributed by atoms with Crippen LogP contribution in [0, 0.1) is 0 Å². The van der Waals surface area contributed by atoms with Crippen molar-refractivity contribution in [3.8, 4) is 5.75 Å². The molecular weight excluding hydrogens is 306 g/mol. The summed E-state index contributed by atoms with van der Waals surface area (Å²) in [7, 11) is 3.49. The Balaban J connectivity index is 1.92. The lowest BCUT2D eigenvalue weighted by Crippen LogP contribution is -2.20. The number of carbonyl (C=O) groups is 1. The van der Waals surface area contributed by atoms with Crippen molar-refractivity contribution in [2.24, 2.45) is 5.10 Å². The molecule has 2 rings (SSSR count). The Morgan fingerprint density at radius 2 is 1.88 bits per heavy atom. The van der Waals surface area contributed by atoms with Crippen molar-refractivity contribution < 1.29 is 14.6 Å². The molecule has 0 atom stereocenters. The van der Waals surface area contributed by atoms with Gasteiger partial charge in [-0.25, -0.2) is 5.43 Å². The van der Waals surface area contributed by atoms with E-state index in [0.29, 0.717) is 17.9 Å². The highest BCUT2D eigenvalue weighted by Gasteiger charge is 2.04. The Kier molecular flexibility index (Phi) is 6.33. The monoisotopic (exact) mass is 327 g/mol. The largest absolute Gasteiger partial charge is 0.497 e. The molecule has 0 aromatic heterocycles. The highest BCUT2D eigenvalue weighted by Crippen LogP contribution is 2.13. The van der Waals surface area contributed by atoms with Crippen LogP contribution in [0.25, 0.3) is 0 Å². The number of methoxy groups -OCH3 is 1. The standard InChI is InChI=1S/C18H21N3O3/c1-21(11-12-22)16-7-3-14(4-8-16)13-19-20-18(23)15-5-9-17(24-2)10-6-15/h3-10,13,22H,11-12H2,1-2H3,(H,20,23)/b19-13-. The summed E-state index contributed by atoms with van der Waals surface area (Å²) in [6.45, 7) is 0.683. The third-order valence-electron chi connectivity index (χ3n) is 3.50. The minimum absolute atomic E-state index is 0.108. The zero-order valence-corrected chi connectivity index (χ0v) is 13.8. The van der Waals surface area contributed by atoms with E-state index in [-0.39, 0.29) is 12.5 Å². The van der Waals surface area contributed by atoms with Gasteiger partial charge in [-0.2, -0.15) is 5.10 Å². The molecule has 0 aliphatic carbocycles. The predicted octanol–water partition coefficient (Wildman–Crippen LogP) is 1.89. The average molecular weight is 327 g/mol. The Morgan fingerprint density at radius 3 is 2.46 bits per heavy atom. The van der Waals surface area contributed by atoms with Crippen LogP contribution in [0.15, 0.2) is 53.6 Å². The summed E-state index contributed by atoms with van der Waals surface area (Å²) >= 11 is 0. The van der Waals surface area contributed by atoms with E-state index in [4.69, 9.17) is 9.84 Å². The number of aliphatic hydroxyl groups is 1. The second-order valence-corrected chi connectivity index (χ2v) is 5.16. The number of ether oxygens (including phenoxy) is 1. The molecule has 24 heavy (non-hydrogen) atoms. The molecule has 0 aliphatic rings. The van der Waals surface area contributed by atoms with E-state index < -0.39 is 0 Å². The molecule has 126 valence electrons. The van der Waals surface area contributed by atoms with E-state index in [9.17, 15) is 4.79 Å². The minimum Gasteiger partial charge on any atom is -0.497 e. The molecule has 0 radical (unpaired) electrons. The fourth-order valence-corrected chi connectivity index (χ4v) is 2.07. The van der Waals surface area contributed by atoms with Gasteiger partial charge in [0.1, 0.15) is 5.75 Å². The summed E-state index contributed by atoms with van der Waals surface area (Å²) in [5, 5.41) is 12.9. The molecule has 2 N–H and O–H groups in total. The topological polar surface area (TPSA) is 74.2 Å². The van der Waals surface area contributed by atoms with Crippen molar-refractivity contribution in [2.45, 2.75) is 0 Å². The van der Waals surface area contributed by atoms with Gasteiger partial charge in [0, 0.05) is 24.8 Å². The zero-order chi connectivity index (χ0) is 17.4. The second-order valence-electron chi connectivity index (χ2n) is 5.16. The average Bonchev–Trinajstić information content (AvgIpc) is 2.62. The highest BCUT2D eigenvalue weighted by atomic mass is 16.5. The van der Waals surface area contributed by atoms with E-state index in [1.807, 2.05) is 36.2 Å². The lowest BCUT2D eigenvalue weighted by molar-refractivity contribution is 0.0955. The van der Waals surface area contributed by atoms with Gasteiger partial charge in [0.15, 0.2) is 0 Å². The summed E-state index contributed by atoms with van der Waals surface area (Å²) < 4.78 is 5.05. The lowest BCUT2D eigenvalue weighted by atomic mass is 10.2. The van der Waals surface area contributed by atoms with Gasteiger partial charge in [-0.1, -0.05) is 12.1 Å². The summed E-state index contributed by atoms with van der Waals surface area (Å²) in [5.74, 6) is 0.412. The molecule has 0 heterocycles. The van der Waals surface area contributed by atoms with E-state index >= 15 is 0 Å². The first-order chi connectivity index (χ1) is 11.6. The number of anilines is 1. The van der Waals surface area contributed by atoms with Crippen LogP contribution in [-0.4, -0.2) is 44.5 Å². The molecule has 0 saturated heterocycles. The number of hydrogen-bond donors (Lipinski definition) is 2. The lowest BCUT2D eigenvalue weighted by Gasteiger charge is -2.17. The van der Waals surface area contributed by atoms with Crippen molar-refractivity contribution in [3.05, 3.63) is 59.7 Å².